The van der Waals surface area contributed by atoms with Crippen LogP contribution in [0, 0.1) is 19.8 Å². The summed E-state index contributed by atoms with van der Waals surface area (Å²) in [7, 11) is 1.94. The molecule has 0 spiro atoms. The number of hydrogen-bond acceptors (Lipinski definition) is 4. The van der Waals surface area contributed by atoms with Crippen LogP contribution in [0.5, 0.6) is 0 Å². The van der Waals surface area contributed by atoms with E-state index in [0.717, 1.165) is 29.3 Å². The minimum atomic E-state index is -0.104. The third kappa shape index (κ3) is 3.32. The lowest BCUT2D eigenvalue weighted by Crippen LogP contribution is -2.24. The molecule has 2 atom stereocenters. The second kappa shape index (κ2) is 5.99. The molecule has 1 saturated heterocycles. The Labute approximate surface area is 118 Å². The summed E-state index contributed by atoms with van der Waals surface area (Å²) in [6.07, 6.45) is 1.83. The normalized spacial score (nSPS) is 20.5. The number of aryl methyl sites for hydroxylation is 2. The summed E-state index contributed by atoms with van der Waals surface area (Å²) in [6, 6.07) is 0. The summed E-state index contributed by atoms with van der Waals surface area (Å²) >= 11 is 1.86. The van der Waals surface area contributed by atoms with Crippen LogP contribution in [0.4, 0.5) is 0 Å². The highest BCUT2D eigenvalue weighted by Gasteiger charge is 2.24. The predicted octanol–water partition coefficient (Wildman–Crippen LogP) is 2.26. The first-order valence-electron chi connectivity index (χ1n) is 6.76. The van der Waals surface area contributed by atoms with Gasteiger partial charge in [0.2, 0.25) is 0 Å². The third-order valence-electron chi connectivity index (χ3n) is 3.74. The van der Waals surface area contributed by atoms with Crippen LogP contribution < -0.4 is 0 Å². The Morgan fingerprint density at radius 3 is 2.84 bits per heavy atom. The molecule has 19 heavy (non-hydrogen) atoms. The van der Waals surface area contributed by atoms with Gasteiger partial charge in [-0.15, -0.1) is 0 Å². The molecule has 0 unspecified atom stereocenters. The molecule has 0 bridgehead atoms. The molecule has 1 fully saturated rings. The maximum atomic E-state index is 12.1. The maximum absolute atomic E-state index is 12.1. The van der Waals surface area contributed by atoms with Gasteiger partial charge in [-0.1, -0.05) is 6.92 Å². The van der Waals surface area contributed by atoms with Gasteiger partial charge in [-0.05, 0) is 38.0 Å². The van der Waals surface area contributed by atoms with Crippen LogP contribution in [0.1, 0.15) is 30.3 Å². The van der Waals surface area contributed by atoms with Gasteiger partial charge in [0.1, 0.15) is 6.10 Å². The molecule has 0 saturated carbocycles. The molecular formula is C14H22N2O2S. The molecule has 0 radical (unpaired) electrons. The molecule has 0 aromatic carbocycles. The van der Waals surface area contributed by atoms with Gasteiger partial charge in [0.15, 0.2) is 0 Å². The SMILES string of the molecule is Cc1nn(C)c(C)c1C[C@H](C)C(=O)O[C@H]1CCSC1. The number of esters is 1. The van der Waals surface area contributed by atoms with Gasteiger partial charge in [0.25, 0.3) is 0 Å². The summed E-state index contributed by atoms with van der Waals surface area (Å²) in [6.45, 7) is 5.98. The zero-order valence-corrected chi connectivity index (χ0v) is 12.9. The Morgan fingerprint density at radius 2 is 2.32 bits per heavy atom. The second-order valence-electron chi connectivity index (χ2n) is 5.30. The monoisotopic (exact) mass is 282 g/mol. The van der Waals surface area contributed by atoms with Crippen molar-refractivity contribution in [1.82, 2.24) is 9.78 Å². The highest BCUT2D eigenvalue weighted by atomic mass is 32.2. The van der Waals surface area contributed by atoms with Gasteiger partial charge >= 0.3 is 5.97 Å². The number of rotatable bonds is 4. The summed E-state index contributed by atoms with van der Waals surface area (Å²) < 4.78 is 7.42. The Morgan fingerprint density at radius 1 is 1.58 bits per heavy atom. The van der Waals surface area contributed by atoms with Crippen LogP contribution in [0.2, 0.25) is 0 Å². The van der Waals surface area contributed by atoms with E-state index in [1.165, 1.54) is 5.56 Å². The van der Waals surface area contributed by atoms with Gasteiger partial charge in [-0.25, -0.2) is 0 Å². The number of thioether (sulfide) groups is 1. The maximum Gasteiger partial charge on any atom is 0.309 e. The van der Waals surface area contributed by atoms with Crippen LogP contribution in [0.15, 0.2) is 0 Å². The second-order valence-corrected chi connectivity index (χ2v) is 6.45. The van der Waals surface area contributed by atoms with Crippen molar-refractivity contribution in [2.45, 2.75) is 39.7 Å². The highest BCUT2D eigenvalue weighted by molar-refractivity contribution is 7.99. The van der Waals surface area contributed by atoms with Crippen molar-refractivity contribution < 1.29 is 9.53 Å². The minimum Gasteiger partial charge on any atom is -0.461 e. The number of hydrogen-bond donors (Lipinski definition) is 0. The fourth-order valence-electron chi connectivity index (χ4n) is 2.39. The van der Waals surface area contributed by atoms with Crippen molar-refractivity contribution in [2.75, 3.05) is 11.5 Å². The van der Waals surface area contributed by atoms with Crippen molar-refractivity contribution in [3.63, 3.8) is 0 Å². The van der Waals surface area contributed by atoms with Crippen molar-refractivity contribution in [1.29, 1.82) is 0 Å². The lowest BCUT2D eigenvalue weighted by Gasteiger charge is -2.15. The third-order valence-corrected chi connectivity index (χ3v) is 4.87. The lowest BCUT2D eigenvalue weighted by molar-refractivity contribution is -0.152. The van der Waals surface area contributed by atoms with Crippen molar-refractivity contribution in [2.24, 2.45) is 13.0 Å². The minimum absolute atomic E-state index is 0.0739. The van der Waals surface area contributed by atoms with Crippen LogP contribution in [0.25, 0.3) is 0 Å². The number of ether oxygens (including phenoxy) is 1. The average Bonchev–Trinajstić information content (AvgIpc) is 2.94. The number of carbonyl (C=O) groups excluding carboxylic acids is 1. The molecule has 2 rings (SSSR count). The van der Waals surface area contributed by atoms with Crippen molar-refractivity contribution in [3.05, 3.63) is 17.0 Å². The Kier molecular flexibility index (Phi) is 4.55. The summed E-state index contributed by atoms with van der Waals surface area (Å²) in [5.74, 6) is 1.87. The fraction of sp³-hybridized carbons (Fsp3) is 0.714. The largest absolute Gasteiger partial charge is 0.461 e. The van der Waals surface area contributed by atoms with Crippen LogP contribution in [0.3, 0.4) is 0 Å². The predicted molar refractivity (Wildman–Crippen MR) is 77.4 cm³/mol. The molecule has 0 aliphatic carbocycles. The van der Waals surface area contributed by atoms with Crippen LogP contribution >= 0.6 is 11.8 Å². The van der Waals surface area contributed by atoms with Crippen molar-refractivity contribution >= 4 is 17.7 Å². The summed E-state index contributed by atoms with van der Waals surface area (Å²) in [5, 5.41) is 4.39. The zero-order valence-electron chi connectivity index (χ0n) is 12.1. The lowest BCUT2D eigenvalue weighted by atomic mass is 10.00. The van der Waals surface area contributed by atoms with Crippen molar-refractivity contribution in [3.8, 4) is 0 Å². The number of nitrogens with zero attached hydrogens (tertiary/aromatic N) is 2. The summed E-state index contributed by atoms with van der Waals surface area (Å²) in [5.41, 5.74) is 3.32. The molecule has 0 amide bonds. The van der Waals surface area contributed by atoms with Gasteiger partial charge in [0.05, 0.1) is 11.6 Å². The summed E-state index contributed by atoms with van der Waals surface area (Å²) in [4.78, 5) is 12.1. The molecular weight excluding hydrogens is 260 g/mol. The molecule has 5 heteroatoms. The molecule has 1 aromatic heterocycles. The number of aromatic nitrogens is 2. The highest BCUT2D eigenvalue weighted by Crippen LogP contribution is 2.23. The molecule has 0 N–H and O–H groups in total. The van der Waals surface area contributed by atoms with Crippen LogP contribution in [-0.2, 0) is 23.0 Å². The average molecular weight is 282 g/mol. The van der Waals surface area contributed by atoms with E-state index in [1.54, 1.807) is 0 Å². The van der Waals surface area contributed by atoms with E-state index >= 15 is 0 Å². The molecule has 4 nitrogen and oxygen atoms in total. The Bertz CT molecular complexity index is 464. The smallest absolute Gasteiger partial charge is 0.309 e. The van der Waals surface area contributed by atoms with Gasteiger partial charge in [-0.3, -0.25) is 9.48 Å². The number of carbonyl (C=O) groups is 1. The van der Waals surface area contributed by atoms with Gasteiger partial charge < -0.3 is 4.74 Å². The molecule has 1 aliphatic heterocycles. The van der Waals surface area contributed by atoms with E-state index in [9.17, 15) is 4.79 Å². The van der Waals surface area contributed by atoms with Gasteiger partial charge in [-0.2, -0.15) is 16.9 Å². The zero-order chi connectivity index (χ0) is 14.0. The van der Waals surface area contributed by atoms with E-state index in [2.05, 4.69) is 5.10 Å². The standard InChI is InChI=1S/C14H22N2O2S/c1-9(14(17)18-12-5-6-19-8-12)7-13-10(2)15-16(4)11(13)3/h9,12H,5-8H2,1-4H3/t9-,12-/m0/s1. The molecule has 106 valence electrons. The van der Waals surface area contributed by atoms with E-state index in [4.69, 9.17) is 4.74 Å². The first kappa shape index (κ1) is 14.4. The fourth-order valence-corrected chi connectivity index (χ4v) is 3.48. The van der Waals surface area contributed by atoms with E-state index in [1.807, 2.05) is 44.3 Å². The van der Waals surface area contributed by atoms with E-state index < -0.39 is 0 Å². The van der Waals surface area contributed by atoms with Crippen LogP contribution in [-0.4, -0.2) is 33.4 Å². The first-order chi connectivity index (χ1) is 8.99. The Balaban J connectivity index is 1.95. The quantitative estimate of drug-likeness (QED) is 0.795. The molecule has 1 aliphatic rings. The topological polar surface area (TPSA) is 44.1 Å². The first-order valence-corrected chi connectivity index (χ1v) is 7.91. The van der Waals surface area contributed by atoms with E-state index in [0.29, 0.717) is 6.42 Å². The molecule has 1 aromatic rings. The van der Waals surface area contributed by atoms with Gasteiger partial charge in [0, 0.05) is 18.5 Å². The molecule has 2 heterocycles. The Hall–Kier alpha value is -0.970. The van der Waals surface area contributed by atoms with E-state index in [-0.39, 0.29) is 18.0 Å².